The molecular formula is C49H31N3S. The Morgan fingerprint density at radius 1 is 0.547 bits per heavy atom. The van der Waals surface area contributed by atoms with E-state index in [1.807, 2.05) is 24.3 Å². The zero-order valence-electron chi connectivity index (χ0n) is 37.2. The SMILES string of the molecule is [2H]c1c([2H])c([2H])c(-c2nc(-c3ccc4c(c3)C3(c5ccccc5C=C4)c4ccccc4-c4c3ccc3sc5ccccc5c43)nc(-c3c([2H])c([2H])c([2H])c(C)c3[2H])n2)c([2H])c1[2H]. The summed E-state index contributed by atoms with van der Waals surface area (Å²) in [6, 6.07) is 31.8. The van der Waals surface area contributed by atoms with Crippen molar-refractivity contribution in [3.8, 4) is 45.3 Å². The summed E-state index contributed by atoms with van der Waals surface area (Å²) in [7, 11) is 0. The maximum absolute atomic E-state index is 9.01. The van der Waals surface area contributed by atoms with Gasteiger partial charge in [-0.25, -0.2) is 15.0 Å². The van der Waals surface area contributed by atoms with Gasteiger partial charge in [0.2, 0.25) is 0 Å². The first-order valence-corrected chi connectivity index (χ1v) is 18.1. The minimum absolute atomic E-state index is 0.0694. The fourth-order valence-electron chi connectivity index (χ4n) is 8.28. The van der Waals surface area contributed by atoms with E-state index in [9.17, 15) is 0 Å². The average Bonchev–Trinajstić information content (AvgIpc) is 3.77. The maximum Gasteiger partial charge on any atom is 0.164 e. The molecule has 2 heterocycles. The largest absolute Gasteiger partial charge is 0.208 e. The lowest BCUT2D eigenvalue weighted by Gasteiger charge is -2.35. The molecule has 1 unspecified atom stereocenters. The van der Waals surface area contributed by atoms with Crippen molar-refractivity contribution in [2.75, 3.05) is 0 Å². The Morgan fingerprint density at radius 3 is 2.11 bits per heavy atom. The Morgan fingerprint density at radius 2 is 1.25 bits per heavy atom. The lowest BCUT2D eigenvalue weighted by molar-refractivity contribution is 0.767. The highest BCUT2D eigenvalue weighted by Crippen LogP contribution is 2.61. The second kappa shape index (κ2) is 11.5. The van der Waals surface area contributed by atoms with E-state index in [4.69, 9.17) is 22.3 Å². The Labute approximate surface area is 324 Å². The lowest BCUT2D eigenvalue weighted by atomic mass is 9.65. The van der Waals surface area contributed by atoms with E-state index >= 15 is 0 Å². The molecule has 7 aromatic carbocycles. The molecule has 0 fully saturated rings. The summed E-state index contributed by atoms with van der Waals surface area (Å²) >= 11 is 1.78. The van der Waals surface area contributed by atoms with Gasteiger partial charge in [0, 0.05) is 36.9 Å². The summed E-state index contributed by atoms with van der Waals surface area (Å²) in [6.07, 6.45) is 4.25. The molecule has 9 aromatic rings. The van der Waals surface area contributed by atoms with Crippen LogP contribution in [-0.4, -0.2) is 15.0 Å². The van der Waals surface area contributed by atoms with Gasteiger partial charge >= 0.3 is 0 Å². The first-order chi connectivity index (χ1) is 29.9. The number of benzene rings is 7. The van der Waals surface area contributed by atoms with E-state index in [0.717, 1.165) is 38.9 Å². The van der Waals surface area contributed by atoms with Crippen molar-refractivity contribution in [2.24, 2.45) is 0 Å². The molecule has 0 saturated carbocycles. The van der Waals surface area contributed by atoms with E-state index in [1.54, 1.807) is 11.3 Å². The Bertz CT molecular complexity index is 3360. The standard InChI is InChI=1S/C49H31N3S/c1-30-12-11-16-34(28-30)47-50-46(33-14-3-2-4-15-33)51-48(52-47)35-25-24-32-23-22-31-13-5-8-19-38(31)49(41(32)29-35)39-20-9-6-17-36(39)44-40(49)26-27-43-45(44)37-18-7-10-21-42(37)53-43/h2-29H,1H3/i2D,3D,4D,11D,12D,14D,15D,16D,28D. The summed E-state index contributed by atoms with van der Waals surface area (Å²) < 4.78 is 80.2. The molecule has 2 aromatic heterocycles. The van der Waals surface area contributed by atoms with Gasteiger partial charge in [-0.05, 0) is 75.7 Å². The van der Waals surface area contributed by atoms with Gasteiger partial charge in [-0.15, -0.1) is 11.3 Å². The second-order valence-electron chi connectivity index (χ2n) is 13.3. The zero-order valence-corrected chi connectivity index (χ0v) is 29.0. The summed E-state index contributed by atoms with van der Waals surface area (Å²) in [5.41, 5.74) is 7.97. The third-order valence-corrected chi connectivity index (χ3v) is 11.5. The number of rotatable bonds is 3. The molecule has 53 heavy (non-hydrogen) atoms. The molecule has 0 aliphatic heterocycles. The minimum atomic E-state index is -0.843. The quantitative estimate of drug-likeness (QED) is 0.184. The molecule has 1 atom stereocenters. The third-order valence-electron chi connectivity index (χ3n) is 10.4. The fraction of sp³-hybridized carbons (Fsp3) is 0.0408. The second-order valence-corrected chi connectivity index (χ2v) is 14.4. The van der Waals surface area contributed by atoms with Crippen LogP contribution in [0.3, 0.4) is 0 Å². The third kappa shape index (κ3) is 4.43. The van der Waals surface area contributed by atoms with Crippen LogP contribution < -0.4 is 0 Å². The zero-order chi connectivity index (χ0) is 42.9. The minimum Gasteiger partial charge on any atom is -0.208 e. The predicted molar refractivity (Wildman–Crippen MR) is 220 cm³/mol. The number of nitrogens with zero attached hydrogens (tertiary/aromatic N) is 3. The van der Waals surface area contributed by atoms with Crippen molar-refractivity contribution in [2.45, 2.75) is 12.3 Å². The van der Waals surface area contributed by atoms with Crippen molar-refractivity contribution < 1.29 is 12.3 Å². The monoisotopic (exact) mass is 702 g/mol. The van der Waals surface area contributed by atoms with Gasteiger partial charge in [0.1, 0.15) is 0 Å². The molecule has 0 saturated heterocycles. The number of thiophene rings is 1. The number of aromatic nitrogens is 3. The van der Waals surface area contributed by atoms with Crippen molar-refractivity contribution in [1.29, 1.82) is 0 Å². The van der Waals surface area contributed by atoms with Gasteiger partial charge in [-0.2, -0.15) is 0 Å². The molecule has 11 rings (SSSR count). The highest BCUT2D eigenvalue weighted by Gasteiger charge is 2.49. The molecule has 4 heteroatoms. The van der Waals surface area contributed by atoms with Gasteiger partial charge in [0.15, 0.2) is 17.5 Å². The van der Waals surface area contributed by atoms with Crippen molar-refractivity contribution in [3.05, 3.63) is 196 Å². The lowest BCUT2D eigenvalue weighted by Crippen LogP contribution is -2.30. The Balaban J connectivity index is 1.25. The molecule has 1 spiro atoms. The van der Waals surface area contributed by atoms with E-state index < -0.39 is 47.7 Å². The van der Waals surface area contributed by atoms with Crippen LogP contribution in [-0.2, 0) is 5.41 Å². The molecule has 0 bridgehead atoms. The van der Waals surface area contributed by atoms with Crippen molar-refractivity contribution in [3.63, 3.8) is 0 Å². The topological polar surface area (TPSA) is 38.7 Å². The molecule has 2 aliphatic rings. The molecule has 0 amide bonds. The summed E-state index contributed by atoms with van der Waals surface area (Å²) in [6.45, 7) is 1.52. The van der Waals surface area contributed by atoms with Gasteiger partial charge in [0.25, 0.3) is 0 Å². The summed E-state index contributed by atoms with van der Waals surface area (Å²) in [5, 5.41) is 2.39. The number of fused-ring (bicyclic) bond motifs is 13. The van der Waals surface area contributed by atoms with Crippen LogP contribution in [0.25, 0.3) is 77.6 Å². The van der Waals surface area contributed by atoms with Gasteiger partial charge < -0.3 is 0 Å². The molecular weight excluding hydrogens is 663 g/mol. The normalized spacial score (nSPS) is 17.6. The van der Waals surface area contributed by atoms with Crippen LogP contribution in [0.5, 0.6) is 0 Å². The molecule has 248 valence electrons. The summed E-state index contributed by atoms with van der Waals surface area (Å²) in [4.78, 5) is 14.3. The smallest absolute Gasteiger partial charge is 0.164 e. The average molecular weight is 703 g/mol. The molecule has 2 aliphatic carbocycles. The van der Waals surface area contributed by atoms with E-state index in [2.05, 4.69) is 96.0 Å². The van der Waals surface area contributed by atoms with Crippen LogP contribution in [0, 0.1) is 6.92 Å². The van der Waals surface area contributed by atoms with Gasteiger partial charge in [-0.1, -0.05) is 151 Å². The first kappa shape index (κ1) is 22.4. The van der Waals surface area contributed by atoms with Gasteiger partial charge in [0.05, 0.1) is 17.8 Å². The summed E-state index contributed by atoms with van der Waals surface area (Å²) in [5.74, 6) is -0.375. The van der Waals surface area contributed by atoms with Crippen molar-refractivity contribution in [1.82, 2.24) is 15.0 Å². The van der Waals surface area contributed by atoms with Crippen LogP contribution >= 0.6 is 11.3 Å². The van der Waals surface area contributed by atoms with Crippen LogP contribution in [0.1, 0.15) is 51.3 Å². The molecule has 3 nitrogen and oxygen atoms in total. The fourth-order valence-corrected chi connectivity index (χ4v) is 9.39. The molecule has 0 N–H and O–H groups in total. The molecule has 0 radical (unpaired) electrons. The van der Waals surface area contributed by atoms with Crippen LogP contribution in [0.15, 0.2) is 158 Å². The highest BCUT2D eigenvalue weighted by molar-refractivity contribution is 7.26. The first-order valence-electron chi connectivity index (χ1n) is 21.8. The number of hydrogen-bond acceptors (Lipinski definition) is 4. The van der Waals surface area contributed by atoms with Crippen LogP contribution in [0.2, 0.25) is 0 Å². The Hall–Kier alpha value is -6.49. The van der Waals surface area contributed by atoms with Crippen LogP contribution in [0.4, 0.5) is 0 Å². The van der Waals surface area contributed by atoms with Gasteiger partial charge in [-0.3, -0.25) is 0 Å². The predicted octanol–water partition coefficient (Wildman–Crippen LogP) is 12.4. The van der Waals surface area contributed by atoms with Crippen molar-refractivity contribution >= 4 is 43.7 Å². The number of hydrogen-bond donors (Lipinski definition) is 0. The highest BCUT2D eigenvalue weighted by atomic mass is 32.1. The van der Waals surface area contributed by atoms with E-state index in [-0.39, 0.29) is 46.2 Å². The van der Waals surface area contributed by atoms with E-state index in [1.165, 1.54) is 32.7 Å². The Kier molecular flexibility index (Phi) is 4.87. The van der Waals surface area contributed by atoms with E-state index in [0.29, 0.717) is 5.56 Å². The maximum atomic E-state index is 9.01.